The minimum absolute atomic E-state index is 0.100. The van der Waals surface area contributed by atoms with Crippen molar-refractivity contribution in [1.29, 1.82) is 0 Å². The molecule has 33 heavy (non-hydrogen) atoms. The maximum Gasteiger partial charge on any atom is 0.324 e. The van der Waals surface area contributed by atoms with Crippen molar-refractivity contribution in [3.05, 3.63) is 77.9 Å². The van der Waals surface area contributed by atoms with Gasteiger partial charge < -0.3 is 20.5 Å². The number of nitrogens with two attached hydrogens (primary N) is 1. The van der Waals surface area contributed by atoms with Crippen LogP contribution in [0.2, 0.25) is 0 Å². The number of carbonyl (C=O) groups is 3. The zero-order valence-electron chi connectivity index (χ0n) is 18.2. The largest absolute Gasteiger partial charge is 0.480 e. The molecular formula is C27H26N2O4. The first kappa shape index (κ1) is 21.3. The van der Waals surface area contributed by atoms with E-state index in [1.807, 2.05) is 71.6 Å². The predicted octanol–water partition coefficient (Wildman–Crippen LogP) is 4.12. The second-order valence-electron chi connectivity index (χ2n) is 9.15. The first-order chi connectivity index (χ1) is 16.0. The van der Waals surface area contributed by atoms with E-state index in [1.165, 1.54) is 0 Å². The summed E-state index contributed by atoms with van der Waals surface area (Å²) >= 11 is 0. The average molecular weight is 443 g/mol. The van der Waals surface area contributed by atoms with Gasteiger partial charge in [0.1, 0.15) is 11.8 Å². The highest BCUT2D eigenvalue weighted by Crippen LogP contribution is 2.53. The summed E-state index contributed by atoms with van der Waals surface area (Å²) in [6.07, 6.45) is 2.72. The van der Waals surface area contributed by atoms with E-state index >= 15 is 0 Å². The zero-order valence-corrected chi connectivity index (χ0v) is 18.2. The molecule has 4 atom stereocenters. The number of aliphatic carboxylic acids is 1. The van der Waals surface area contributed by atoms with E-state index in [2.05, 4.69) is 0 Å². The molecular weight excluding hydrogens is 416 g/mol. The third kappa shape index (κ3) is 3.33. The molecule has 0 spiro atoms. The van der Waals surface area contributed by atoms with E-state index in [0.717, 1.165) is 35.6 Å². The number of fused-ring (bicyclic) bond motifs is 3. The molecule has 1 aliphatic carbocycles. The number of anilines is 1. The third-order valence-electron chi connectivity index (χ3n) is 7.41. The molecule has 5 rings (SSSR count). The van der Waals surface area contributed by atoms with Gasteiger partial charge in [-0.05, 0) is 53.3 Å². The van der Waals surface area contributed by atoms with E-state index < -0.39 is 17.4 Å². The number of amides is 1. The van der Waals surface area contributed by atoms with Crippen molar-refractivity contribution < 1.29 is 19.5 Å². The van der Waals surface area contributed by atoms with Crippen LogP contribution in [0.5, 0.6) is 0 Å². The Labute approximate surface area is 192 Å². The molecule has 3 N–H and O–H groups in total. The van der Waals surface area contributed by atoms with Crippen LogP contribution in [0.1, 0.15) is 47.5 Å². The minimum Gasteiger partial charge on any atom is -0.480 e. The second-order valence-corrected chi connectivity index (χ2v) is 9.15. The fraction of sp³-hybridized carbons (Fsp3) is 0.296. The number of hydrogen-bond donors (Lipinski definition) is 2. The molecule has 1 fully saturated rings. The molecule has 6 heteroatoms. The van der Waals surface area contributed by atoms with Crippen LogP contribution in [-0.4, -0.2) is 34.8 Å². The Morgan fingerprint density at radius 2 is 1.76 bits per heavy atom. The molecule has 1 saturated carbocycles. The van der Waals surface area contributed by atoms with Gasteiger partial charge in [-0.1, -0.05) is 55.0 Å². The number of carboxylic acid groups (broad SMARTS) is 1. The predicted molar refractivity (Wildman–Crippen MR) is 126 cm³/mol. The molecule has 0 saturated heterocycles. The fourth-order valence-corrected chi connectivity index (χ4v) is 5.92. The fourth-order valence-electron chi connectivity index (χ4n) is 5.92. The number of aldehydes is 1. The lowest BCUT2D eigenvalue weighted by Crippen LogP contribution is -2.60. The first-order valence-corrected chi connectivity index (χ1v) is 11.3. The Morgan fingerprint density at radius 3 is 2.52 bits per heavy atom. The number of nitrogens with zero attached hydrogens (tertiary/aromatic N) is 1. The molecule has 1 aliphatic heterocycles. The van der Waals surface area contributed by atoms with Gasteiger partial charge in [-0.2, -0.15) is 0 Å². The summed E-state index contributed by atoms with van der Waals surface area (Å²) in [4.78, 5) is 39.5. The summed E-state index contributed by atoms with van der Waals surface area (Å²) < 4.78 is 0. The van der Waals surface area contributed by atoms with E-state index in [-0.39, 0.29) is 24.3 Å². The van der Waals surface area contributed by atoms with Crippen molar-refractivity contribution >= 4 is 34.6 Å². The lowest BCUT2D eigenvalue weighted by atomic mass is 9.66. The van der Waals surface area contributed by atoms with Gasteiger partial charge >= 0.3 is 5.97 Å². The maximum absolute atomic E-state index is 13.9. The molecule has 2 aliphatic rings. The molecule has 168 valence electrons. The van der Waals surface area contributed by atoms with Gasteiger partial charge in [0.2, 0.25) is 0 Å². The van der Waals surface area contributed by atoms with Gasteiger partial charge in [-0.15, -0.1) is 0 Å². The van der Waals surface area contributed by atoms with Gasteiger partial charge in [-0.3, -0.25) is 9.59 Å². The lowest BCUT2D eigenvalue weighted by molar-refractivity contribution is -0.146. The SMILES string of the molecule is NC(CC=O)(C(=O)O)C1c2ccccc2N(C(=O)c2ccc3ccccc3c2)C2CCCC21. The van der Waals surface area contributed by atoms with Gasteiger partial charge in [0.25, 0.3) is 5.91 Å². The van der Waals surface area contributed by atoms with Crippen molar-refractivity contribution in [3.63, 3.8) is 0 Å². The number of carboxylic acids is 1. The molecule has 3 aromatic carbocycles. The van der Waals surface area contributed by atoms with Crippen LogP contribution >= 0.6 is 0 Å². The second kappa shape index (κ2) is 8.12. The Hall–Kier alpha value is -3.51. The monoisotopic (exact) mass is 442 g/mol. The van der Waals surface area contributed by atoms with Crippen molar-refractivity contribution in [2.24, 2.45) is 11.7 Å². The van der Waals surface area contributed by atoms with Crippen molar-refractivity contribution in [2.45, 2.75) is 43.2 Å². The highest BCUT2D eigenvalue weighted by atomic mass is 16.4. The molecule has 1 amide bonds. The summed E-state index contributed by atoms with van der Waals surface area (Å²) in [5.74, 6) is -1.97. The molecule has 6 nitrogen and oxygen atoms in total. The molecule has 3 aromatic rings. The van der Waals surface area contributed by atoms with Crippen LogP contribution in [-0.2, 0) is 9.59 Å². The highest BCUT2D eigenvalue weighted by molar-refractivity contribution is 6.09. The Bertz CT molecular complexity index is 1260. The third-order valence-corrected chi connectivity index (χ3v) is 7.41. The standard InChI is InChI=1S/C27H26N2O4/c28-27(14-15-30,26(32)33)24-20-8-3-4-10-22(20)29(23-11-5-9-21(23)24)25(31)19-13-12-17-6-1-2-7-18(17)16-19/h1-4,6-8,10,12-13,15-16,21,23-24H,5,9,11,14,28H2,(H,32,33). The summed E-state index contributed by atoms with van der Waals surface area (Å²) in [7, 11) is 0. The number of benzene rings is 3. The van der Waals surface area contributed by atoms with Crippen molar-refractivity contribution in [3.8, 4) is 0 Å². The van der Waals surface area contributed by atoms with Gasteiger partial charge in [0.15, 0.2) is 0 Å². The normalized spacial score (nSPS) is 23.4. The Balaban J connectivity index is 1.65. The van der Waals surface area contributed by atoms with Crippen LogP contribution in [0.3, 0.4) is 0 Å². The topological polar surface area (TPSA) is 101 Å². The van der Waals surface area contributed by atoms with Crippen LogP contribution < -0.4 is 10.6 Å². The smallest absolute Gasteiger partial charge is 0.324 e. The number of hydrogen-bond acceptors (Lipinski definition) is 4. The molecule has 4 unspecified atom stereocenters. The Morgan fingerprint density at radius 1 is 1.03 bits per heavy atom. The number of carbonyl (C=O) groups excluding carboxylic acids is 2. The summed E-state index contributed by atoms with van der Waals surface area (Å²) in [5.41, 5.74) is 6.74. The quantitative estimate of drug-likeness (QED) is 0.579. The van der Waals surface area contributed by atoms with Crippen LogP contribution in [0.25, 0.3) is 10.8 Å². The van der Waals surface area contributed by atoms with Crippen LogP contribution in [0.4, 0.5) is 5.69 Å². The maximum atomic E-state index is 13.9. The summed E-state index contributed by atoms with van der Waals surface area (Å²) in [6.45, 7) is 0. The molecule has 1 heterocycles. The van der Waals surface area contributed by atoms with Crippen molar-refractivity contribution in [2.75, 3.05) is 4.90 Å². The van der Waals surface area contributed by atoms with Gasteiger partial charge in [0, 0.05) is 29.6 Å². The molecule has 0 radical (unpaired) electrons. The molecule has 0 bridgehead atoms. The average Bonchev–Trinajstić information content (AvgIpc) is 3.30. The van der Waals surface area contributed by atoms with Crippen molar-refractivity contribution in [1.82, 2.24) is 0 Å². The highest BCUT2D eigenvalue weighted by Gasteiger charge is 2.55. The van der Waals surface area contributed by atoms with Crippen LogP contribution in [0.15, 0.2) is 66.7 Å². The number of rotatable bonds is 5. The van der Waals surface area contributed by atoms with E-state index in [0.29, 0.717) is 17.5 Å². The first-order valence-electron chi connectivity index (χ1n) is 11.3. The minimum atomic E-state index is -1.72. The molecule has 0 aromatic heterocycles. The van der Waals surface area contributed by atoms with E-state index in [1.54, 1.807) is 0 Å². The van der Waals surface area contributed by atoms with Gasteiger partial charge in [-0.25, -0.2) is 0 Å². The summed E-state index contributed by atoms with van der Waals surface area (Å²) in [6, 6.07) is 20.9. The van der Waals surface area contributed by atoms with Gasteiger partial charge in [0.05, 0.1) is 0 Å². The Kier molecular flexibility index (Phi) is 5.25. The summed E-state index contributed by atoms with van der Waals surface area (Å²) in [5, 5.41) is 12.1. The lowest BCUT2D eigenvalue weighted by Gasteiger charge is -2.48. The van der Waals surface area contributed by atoms with Crippen LogP contribution in [0, 0.1) is 5.92 Å². The number of para-hydroxylation sites is 1. The van der Waals surface area contributed by atoms with E-state index in [9.17, 15) is 19.5 Å². The van der Waals surface area contributed by atoms with E-state index in [4.69, 9.17) is 5.73 Å². The zero-order chi connectivity index (χ0) is 23.2.